The summed E-state index contributed by atoms with van der Waals surface area (Å²) in [6.45, 7) is 4.92. The van der Waals surface area contributed by atoms with Gasteiger partial charge in [-0.25, -0.2) is 0 Å². The van der Waals surface area contributed by atoms with E-state index in [1.165, 1.54) is 11.8 Å². The first-order valence-electron chi connectivity index (χ1n) is 17.5. The molecule has 0 fully saturated rings. The van der Waals surface area contributed by atoms with Crippen molar-refractivity contribution < 1.29 is 14.4 Å². The van der Waals surface area contributed by atoms with Crippen LogP contribution < -0.4 is 16.0 Å². The summed E-state index contributed by atoms with van der Waals surface area (Å²) in [5.41, 5.74) is 6.68. The Bertz CT molecular complexity index is 2470. The number of benzene rings is 6. The van der Waals surface area contributed by atoms with Gasteiger partial charge in [-0.1, -0.05) is 97.1 Å². The lowest BCUT2D eigenvalue weighted by Gasteiger charge is -2.18. The smallest absolute Gasteiger partial charge is 0.272 e. The van der Waals surface area contributed by atoms with Crippen LogP contribution in [0.1, 0.15) is 39.2 Å². The number of carbonyl (C=O) groups is 3. The lowest BCUT2D eigenvalue weighted by Crippen LogP contribution is -2.30. The van der Waals surface area contributed by atoms with E-state index >= 15 is 0 Å². The van der Waals surface area contributed by atoms with E-state index in [0.717, 1.165) is 55.6 Å². The van der Waals surface area contributed by atoms with Crippen LogP contribution in [0.25, 0.3) is 27.9 Å². The van der Waals surface area contributed by atoms with Crippen molar-refractivity contribution in [2.75, 3.05) is 10.6 Å². The van der Waals surface area contributed by atoms with Crippen molar-refractivity contribution in [3.8, 4) is 0 Å². The van der Waals surface area contributed by atoms with Crippen LogP contribution in [-0.2, 0) is 16.1 Å². The van der Waals surface area contributed by atoms with Gasteiger partial charge in [0.25, 0.3) is 11.8 Å². The lowest BCUT2D eigenvalue weighted by molar-refractivity contribution is -0.116. The van der Waals surface area contributed by atoms with Gasteiger partial charge in [0.1, 0.15) is 10.9 Å². The van der Waals surface area contributed by atoms with Gasteiger partial charge in [-0.05, 0) is 91.2 Å². The quantitative estimate of drug-likeness (QED) is 0.0919. The van der Waals surface area contributed by atoms with Crippen LogP contribution in [0, 0.1) is 6.92 Å². The van der Waals surface area contributed by atoms with Gasteiger partial charge < -0.3 is 20.5 Å². The van der Waals surface area contributed by atoms with E-state index in [1.807, 2.05) is 110 Å². The highest BCUT2D eigenvalue weighted by Gasteiger charge is 2.23. The van der Waals surface area contributed by atoms with Gasteiger partial charge in [0.2, 0.25) is 5.91 Å². The third-order valence-electron chi connectivity index (χ3n) is 9.06. The number of aromatic nitrogens is 1. The summed E-state index contributed by atoms with van der Waals surface area (Å²) in [6.07, 6.45) is 1.68. The largest absolute Gasteiger partial charge is 0.341 e. The second kappa shape index (κ2) is 15.9. The first-order valence-corrected chi connectivity index (χ1v) is 18.3. The summed E-state index contributed by atoms with van der Waals surface area (Å²) in [5, 5.41) is 10.6. The fourth-order valence-corrected chi connectivity index (χ4v) is 7.49. The number of aryl methyl sites for hydroxylation is 2. The van der Waals surface area contributed by atoms with Gasteiger partial charge in [0.05, 0.1) is 0 Å². The van der Waals surface area contributed by atoms with Crippen LogP contribution >= 0.6 is 11.8 Å². The predicted molar refractivity (Wildman–Crippen MR) is 217 cm³/mol. The van der Waals surface area contributed by atoms with E-state index in [1.54, 1.807) is 36.4 Å². The molecule has 0 radical (unpaired) electrons. The molecule has 1 atom stereocenters. The minimum atomic E-state index is -0.587. The summed E-state index contributed by atoms with van der Waals surface area (Å²) in [6, 6.07) is 47.8. The third kappa shape index (κ3) is 7.93. The van der Waals surface area contributed by atoms with E-state index in [-0.39, 0.29) is 11.6 Å². The van der Waals surface area contributed by atoms with Gasteiger partial charge in [-0.2, -0.15) is 0 Å². The number of nitrogens with one attached hydrogen (secondary N) is 3. The first-order chi connectivity index (χ1) is 25.9. The molecule has 6 aromatic carbocycles. The standard InChI is InChI=1S/C45H38N4O3S/c1-3-49-40-24-13-12-23-37(40)38-29-35(25-26-41(38)49)47-45(52)42(31-16-6-4-7-17-31)53-36-22-14-21-34(28-36)46-44(51)39(27-33-20-11-10-15-30(33)2)48-43(50)32-18-8-5-9-19-32/h4-29,42H,3H2,1-2H3,(H,46,51)(H,47,52)(H,48,50)/b39-27-. The minimum Gasteiger partial charge on any atom is -0.341 e. The Morgan fingerprint density at radius 1 is 0.679 bits per heavy atom. The van der Waals surface area contributed by atoms with Crippen LogP contribution in [0.5, 0.6) is 0 Å². The highest BCUT2D eigenvalue weighted by Crippen LogP contribution is 2.38. The average molecular weight is 715 g/mol. The van der Waals surface area contributed by atoms with Crippen molar-refractivity contribution >= 4 is 68.7 Å². The maximum atomic E-state index is 14.1. The highest BCUT2D eigenvalue weighted by molar-refractivity contribution is 8.00. The SMILES string of the molecule is CCn1c2ccccc2c2cc(NC(=O)C(Sc3cccc(NC(=O)/C(=C/c4ccccc4C)NC(=O)c4ccccc4)c3)c3ccccc3)ccc21. The van der Waals surface area contributed by atoms with Crippen molar-refractivity contribution in [1.82, 2.24) is 9.88 Å². The Balaban J connectivity index is 1.13. The molecule has 3 N–H and O–H groups in total. The predicted octanol–water partition coefficient (Wildman–Crippen LogP) is 10.0. The molecule has 0 saturated carbocycles. The van der Waals surface area contributed by atoms with Crippen LogP contribution in [0.2, 0.25) is 0 Å². The number of anilines is 2. The van der Waals surface area contributed by atoms with E-state index in [2.05, 4.69) is 45.6 Å². The Hall–Kier alpha value is -6.38. The zero-order valence-corrected chi connectivity index (χ0v) is 30.2. The number of nitrogens with zero attached hydrogens (tertiary/aromatic N) is 1. The fraction of sp³-hybridized carbons (Fsp3) is 0.0889. The molecule has 8 heteroatoms. The normalized spacial score (nSPS) is 12.0. The molecule has 262 valence electrons. The van der Waals surface area contributed by atoms with E-state index in [4.69, 9.17) is 0 Å². The molecule has 0 aliphatic carbocycles. The van der Waals surface area contributed by atoms with Gasteiger partial charge >= 0.3 is 0 Å². The number of para-hydroxylation sites is 1. The number of rotatable bonds is 11. The fourth-order valence-electron chi connectivity index (χ4n) is 6.41. The van der Waals surface area contributed by atoms with Gasteiger partial charge in [-0.15, -0.1) is 11.8 Å². The zero-order valence-electron chi connectivity index (χ0n) is 29.4. The molecule has 1 heterocycles. The average Bonchev–Trinajstić information content (AvgIpc) is 3.51. The highest BCUT2D eigenvalue weighted by atomic mass is 32.2. The maximum Gasteiger partial charge on any atom is 0.272 e. The van der Waals surface area contributed by atoms with Crippen LogP contribution in [0.4, 0.5) is 11.4 Å². The monoisotopic (exact) mass is 714 g/mol. The van der Waals surface area contributed by atoms with E-state index < -0.39 is 17.1 Å². The zero-order chi connectivity index (χ0) is 36.7. The molecule has 0 aliphatic heterocycles. The molecule has 0 bridgehead atoms. The number of carbonyl (C=O) groups excluding carboxylic acids is 3. The first kappa shape index (κ1) is 35.0. The molecule has 7 rings (SSSR count). The molecule has 7 aromatic rings. The molecule has 0 aliphatic rings. The summed E-state index contributed by atoms with van der Waals surface area (Å²) >= 11 is 1.39. The molecule has 7 nitrogen and oxygen atoms in total. The molecule has 1 unspecified atom stereocenters. The van der Waals surface area contributed by atoms with Crippen molar-refractivity contribution in [1.29, 1.82) is 0 Å². The van der Waals surface area contributed by atoms with E-state index in [0.29, 0.717) is 11.3 Å². The molecular formula is C45H38N4O3S. The van der Waals surface area contributed by atoms with Crippen molar-refractivity contribution in [3.05, 3.63) is 180 Å². The number of amides is 3. The second-order valence-corrected chi connectivity index (χ2v) is 13.8. The van der Waals surface area contributed by atoms with Crippen LogP contribution in [-0.4, -0.2) is 22.3 Å². The number of fused-ring (bicyclic) bond motifs is 3. The van der Waals surface area contributed by atoms with Gasteiger partial charge in [0, 0.05) is 50.2 Å². The molecule has 0 spiro atoms. The lowest BCUT2D eigenvalue weighted by atomic mass is 10.1. The topological polar surface area (TPSA) is 92.2 Å². The summed E-state index contributed by atoms with van der Waals surface area (Å²) < 4.78 is 2.28. The minimum absolute atomic E-state index is 0.103. The third-order valence-corrected chi connectivity index (χ3v) is 10.3. The summed E-state index contributed by atoms with van der Waals surface area (Å²) in [7, 11) is 0. The van der Waals surface area contributed by atoms with Crippen LogP contribution in [0.3, 0.4) is 0 Å². The molecule has 1 aromatic heterocycles. The number of thioether (sulfide) groups is 1. The van der Waals surface area contributed by atoms with Crippen LogP contribution in [0.15, 0.2) is 162 Å². The Labute approximate surface area is 312 Å². The Kier molecular flexibility index (Phi) is 10.5. The van der Waals surface area contributed by atoms with Crippen molar-refractivity contribution in [3.63, 3.8) is 0 Å². The summed E-state index contributed by atoms with van der Waals surface area (Å²) in [4.78, 5) is 41.8. The van der Waals surface area contributed by atoms with E-state index in [9.17, 15) is 14.4 Å². The number of hydrogen-bond donors (Lipinski definition) is 3. The van der Waals surface area contributed by atoms with Crippen molar-refractivity contribution in [2.45, 2.75) is 30.5 Å². The molecule has 53 heavy (non-hydrogen) atoms. The maximum absolute atomic E-state index is 14.1. The Morgan fingerprint density at radius 3 is 2.13 bits per heavy atom. The molecule has 0 saturated heterocycles. The van der Waals surface area contributed by atoms with Gasteiger partial charge in [-0.3, -0.25) is 14.4 Å². The number of hydrogen-bond acceptors (Lipinski definition) is 4. The Morgan fingerprint density at radius 2 is 1.36 bits per heavy atom. The second-order valence-electron chi connectivity index (χ2n) is 12.6. The molecular weight excluding hydrogens is 677 g/mol. The summed E-state index contributed by atoms with van der Waals surface area (Å²) in [5.74, 6) is -1.03. The van der Waals surface area contributed by atoms with Gasteiger partial charge in [0.15, 0.2) is 0 Å². The molecule has 3 amide bonds. The van der Waals surface area contributed by atoms with Crippen molar-refractivity contribution in [2.24, 2.45) is 0 Å².